The number of ether oxygens (including phenoxy) is 2. The lowest BCUT2D eigenvalue weighted by Crippen LogP contribution is -2.54. The van der Waals surface area contributed by atoms with Crippen molar-refractivity contribution in [2.24, 2.45) is 0 Å². The second-order valence-electron chi connectivity index (χ2n) is 7.06. The number of carbonyl (C=O) groups excluding carboxylic acids is 2. The topological polar surface area (TPSA) is 71.1 Å². The normalized spacial score (nSPS) is 18.2. The number of nitrogens with one attached hydrogen (secondary N) is 1. The van der Waals surface area contributed by atoms with Crippen LogP contribution in [-0.2, 0) is 14.3 Å². The van der Waals surface area contributed by atoms with E-state index in [-0.39, 0.29) is 26.4 Å². The fourth-order valence-corrected chi connectivity index (χ4v) is 4.19. The quantitative estimate of drug-likeness (QED) is 0.399. The van der Waals surface area contributed by atoms with Crippen LogP contribution in [-0.4, -0.2) is 50.3 Å². The summed E-state index contributed by atoms with van der Waals surface area (Å²) in [6.45, 7) is 2.86. The van der Waals surface area contributed by atoms with Gasteiger partial charge in [-0.15, -0.1) is 0 Å². The Morgan fingerprint density at radius 3 is 2.62 bits per heavy atom. The number of carbonyl (C=O) groups is 2. The first-order chi connectivity index (χ1) is 15.4. The van der Waals surface area contributed by atoms with Crippen LogP contribution in [0.1, 0.15) is 5.56 Å². The predicted molar refractivity (Wildman–Crippen MR) is 129 cm³/mol. The van der Waals surface area contributed by atoms with E-state index in [2.05, 4.69) is 10.2 Å². The van der Waals surface area contributed by atoms with Crippen LogP contribution < -0.4 is 19.9 Å². The number of morpholine rings is 1. The van der Waals surface area contributed by atoms with Gasteiger partial charge >= 0.3 is 0 Å². The molecule has 2 aliphatic heterocycles. The van der Waals surface area contributed by atoms with Gasteiger partial charge in [-0.3, -0.25) is 19.8 Å². The van der Waals surface area contributed by atoms with E-state index in [0.29, 0.717) is 24.5 Å². The van der Waals surface area contributed by atoms with Crippen molar-refractivity contribution in [2.75, 3.05) is 43.2 Å². The Balaban J connectivity index is 1.70. The highest BCUT2D eigenvalue weighted by molar-refractivity contribution is 7.80. The summed E-state index contributed by atoms with van der Waals surface area (Å²) >= 11 is 17.6. The number of rotatable bonds is 4. The Bertz CT molecular complexity index is 1130. The molecule has 7 nitrogen and oxygen atoms in total. The third-order valence-corrected chi connectivity index (χ3v) is 6.26. The standard InChI is InChI=1S/C22H19Cl2N3O4S/c1-30-18-12-14(26-7-9-31-10-8-26)6-5-13(18)11-15-20(28)25-22(32)27(21(15)29)17-4-2-3-16(23)19(17)24/h2-6,11-12H,7-10H2,1H3,(H,25,28,32)/b15-11-. The van der Waals surface area contributed by atoms with Crippen molar-refractivity contribution in [3.8, 4) is 5.75 Å². The minimum Gasteiger partial charge on any atom is -0.496 e. The fraction of sp³-hybridized carbons (Fsp3) is 0.227. The van der Waals surface area contributed by atoms with Gasteiger partial charge in [-0.05, 0) is 42.6 Å². The maximum Gasteiger partial charge on any atom is 0.270 e. The summed E-state index contributed by atoms with van der Waals surface area (Å²) in [5.74, 6) is -0.682. The molecule has 2 aromatic rings. The molecular formula is C22H19Cl2N3O4S. The van der Waals surface area contributed by atoms with Crippen molar-refractivity contribution in [1.29, 1.82) is 0 Å². The molecule has 10 heteroatoms. The SMILES string of the molecule is COc1cc(N2CCOCC2)ccc1/C=C1/C(=O)NC(=S)N(c2cccc(Cl)c2Cl)C1=O. The summed E-state index contributed by atoms with van der Waals surface area (Å²) in [5, 5.41) is 2.89. The Morgan fingerprint density at radius 2 is 1.91 bits per heavy atom. The van der Waals surface area contributed by atoms with Crippen molar-refractivity contribution in [1.82, 2.24) is 5.32 Å². The molecule has 0 unspecified atom stereocenters. The number of anilines is 2. The Hall–Kier alpha value is -2.65. The minimum absolute atomic E-state index is 0.0732. The number of hydrogen-bond acceptors (Lipinski definition) is 6. The molecule has 166 valence electrons. The molecule has 0 aromatic heterocycles. The van der Waals surface area contributed by atoms with E-state index >= 15 is 0 Å². The summed E-state index contributed by atoms with van der Waals surface area (Å²) in [6, 6.07) is 10.4. The van der Waals surface area contributed by atoms with Crippen LogP contribution in [0.15, 0.2) is 42.0 Å². The molecule has 0 radical (unpaired) electrons. The van der Waals surface area contributed by atoms with Crippen molar-refractivity contribution >= 4 is 69.8 Å². The van der Waals surface area contributed by atoms with Crippen molar-refractivity contribution in [3.05, 3.63) is 57.6 Å². The first-order valence-corrected chi connectivity index (χ1v) is 10.9. The van der Waals surface area contributed by atoms with Crippen LogP contribution in [0.25, 0.3) is 6.08 Å². The van der Waals surface area contributed by atoms with E-state index in [0.717, 1.165) is 23.7 Å². The Morgan fingerprint density at radius 1 is 1.16 bits per heavy atom. The lowest BCUT2D eigenvalue weighted by molar-refractivity contribution is -0.122. The van der Waals surface area contributed by atoms with Crippen LogP contribution in [0.2, 0.25) is 10.0 Å². The van der Waals surface area contributed by atoms with Crippen molar-refractivity contribution in [2.45, 2.75) is 0 Å². The average molecular weight is 492 g/mol. The van der Waals surface area contributed by atoms with Gasteiger partial charge in [-0.1, -0.05) is 29.3 Å². The van der Waals surface area contributed by atoms with E-state index in [1.54, 1.807) is 24.3 Å². The van der Waals surface area contributed by atoms with E-state index < -0.39 is 11.8 Å². The van der Waals surface area contributed by atoms with Gasteiger partial charge < -0.3 is 14.4 Å². The zero-order valence-electron chi connectivity index (χ0n) is 17.1. The molecule has 2 heterocycles. The molecular weight excluding hydrogens is 473 g/mol. The molecule has 1 N–H and O–H groups in total. The van der Waals surface area contributed by atoms with Crippen LogP contribution in [0.3, 0.4) is 0 Å². The van der Waals surface area contributed by atoms with Crippen molar-refractivity contribution in [3.63, 3.8) is 0 Å². The molecule has 4 rings (SSSR count). The number of halogens is 2. The van der Waals surface area contributed by atoms with E-state index in [1.165, 1.54) is 13.2 Å². The van der Waals surface area contributed by atoms with Gasteiger partial charge in [0, 0.05) is 30.4 Å². The monoisotopic (exact) mass is 491 g/mol. The van der Waals surface area contributed by atoms with Crippen LogP contribution >= 0.6 is 35.4 Å². The smallest absolute Gasteiger partial charge is 0.270 e. The number of nitrogens with zero attached hydrogens (tertiary/aromatic N) is 2. The molecule has 0 saturated carbocycles. The molecule has 0 bridgehead atoms. The number of benzene rings is 2. The third-order valence-electron chi connectivity index (χ3n) is 5.17. The summed E-state index contributed by atoms with van der Waals surface area (Å²) in [4.78, 5) is 29.2. The lowest BCUT2D eigenvalue weighted by Gasteiger charge is -2.30. The molecule has 2 amide bonds. The molecule has 2 fully saturated rings. The van der Waals surface area contributed by atoms with E-state index in [4.69, 9.17) is 44.9 Å². The minimum atomic E-state index is -0.609. The Labute approximate surface area is 200 Å². The van der Waals surface area contributed by atoms with Gasteiger partial charge in [-0.25, -0.2) is 0 Å². The summed E-state index contributed by atoms with van der Waals surface area (Å²) in [6.07, 6.45) is 1.48. The van der Waals surface area contributed by atoms with Crippen LogP contribution in [0, 0.1) is 0 Å². The highest BCUT2D eigenvalue weighted by Crippen LogP contribution is 2.35. The molecule has 32 heavy (non-hydrogen) atoms. The summed E-state index contributed by atoms with van der Waals surface area (Å²) < 4.78 is 10.9. The van der Waals surface area contributed by atoms with E-state index in [9.17, 15) is 9.59 Å². The average Bonchev–Trinajstić information content (AvgIpc) is 2.80. The number of amides is 2. The summed E-state index contributed by atoms with van der Waals surface area (Å²) in [7, 11) is 1.54. The largest absolute Gasteiger partial charge is 0.496 e. The second kappa shape index (κ2) is 9.46. The maximum absolute atomic E-state index is 13.3. The zero-order chi connectivity index (χ0) is 22.8. The van der Waals surface area contributed by atoms with Gasteiger partial charge in [0.15, 0.2) is 5.11 Å². The lowest BCUT2D eigenvalue weighted by atomic mass is 10.1. The molecule has 0 spiro atoms. The Kier molecular flexibility index (Phi) is 6.66. The number of thiocarbonyl (C=S) groups is 1. The van der Waals surface area contributed by atoms with Gasteiger partial charge in [0.1, 0.15) is 11.3 Å². The molecule has 0 atom stereocenters. The van der Waals surface area contributed by atoms with Crippen LogP contribution in [0.5, 0.6) is 5.75 Å². The molecule has 2 saturated heterocycles. The zero-order valence-corrected chi connectivity index (χ0v) is 19.4. The number of methoxy groups -OCH3 is 1. The van der Waals surface area contributed by atoms with Crippen molar-refractivity contribution < 1.29 is 19.1 Å². The van der Waals surface area contributed by atoms with Gasteiger partial charge in [-0.2, -0.15) is 0 Å². The number of hydrogen-bond donors (Lipinski definition) is 1. The fourth-order valence-electron chi connectivity index (χ4n) is 3.53. The molecule has 0 aliphatic carbocycles. The highest BCUT2D eigenvalue weighted by Gasteiger charge is 2.36. The summed E-state index contributed by atoms with van der Waals surface area (Å²) in [5.41, 5.74) is 1.73. The van der Waals surface area contributed by atoms with Crippen LogP contribution in [0.4, 0.5) is 11.4 Å². The van der Waals surface area contributed by atoms with E-state index in [1.807, 2.05) is 12.1 Å². The predicted octanol–water partition coefficient (Wildman–Crippen LogP) is 3.67. The first-order valence-electron chi connectivity index (χ1n) is 9.77. The van der Waals surface area contributed by atoms with Gasteiger partial charge in [0.25, 0.3) is 11.8 Å². The van der Waals surface area contributed by atoms with Gasteiger partial charge in [0.2, 0.25) is 0 Å². The first kappa shape index (κ1) is 22.5. The molecule has 2 aromatic carbocycles. The maximum atomic E-state index is 13.3. The molecule has 2 aliphatic rings. The second-order valence-corrected chi connectivity index (χ2v) is 8.23. The van der Waals surface area contributed by atoms with Gasteiger partial charge in [0.05, 0.1) is 36.1 Å². The highest BCUT2D eigenvalue weighted by atomic mass is 35.5. The third kappa shape index (κ3) is 4.31.